The molecule has 0 saturated carbocycles. The third kappa shape index (κ3) is 4.39. The van der Waals surface area contributed by atoms with Crippen molar-refractivity contribution >= 4 is 5.82 Å². The maximum atomic E-state index is 8.76. The van der Waals surface area contributed by atoms with Crippen molar-refractivity contribution in [3.63, 3.8) is 0 Å². The Morgan fingerprint density at radius 2 is 2.00 bits per heavy atom. The standard InChI is InChI=1S/C16H25N5O/c1-3-13(4-2)15(21-7-9-22-10-8-21)12-18-16-6-5-14(11-17)19-20-16/h5-6,13,15H,3-4,7-10,12H2,1-2H3,(H,18,20). The summed E-state index contributed by atoms with van der Waals surface area (Å²) in [5.74, 6) is 1.38. The zero-order chi connectivity index (χ0) is 15.8. The van der Waals surface area contributed by atoms with Crippen LogP contribution in [0.5, 0.6) is 0 Å². The second-order valence-corrected chi connectivity index (χ2v) is 5.59. The van der Waals surface area contributed by atoms with E-state index in [1.807, 2.05) is 12.1 Å². The molecule has 6 heteroatoms. The Morgan fingerprint density at radius 3 is 2.55 bits per heavy atom. The average Bonchev–Trinajstić information content (AvgIpc) is 2.60. The van der Waals surface area contributed by atoms with Crippen LogP contribution in [-0.2, 0) is 4.74 Å². The minimum atomic E-state index is 0.343. The lowest BCUT2D eigenvalue weighted by Gasteiger charge is -2.38. The highest BCUT2D eigenvalue weighted by molar-refractivity contribution is 5.35. The number of nitrogens with one attached hydrogen (secondary N) is 1. The first-order chi connectivity index (χ1) is 10.8. The first-order valence-electron chi connectivity index (χ1n) is 8.08. The van der Waals surface area contributed by atoms with Crippen LogP contribution in [0.3, 0.4) is 0 Å². The molecule has 0 aromatic carbocycles. The molecule has 1 unspecified atom stereocenters. The van der Waals surface area contributed by atoms with Crippen molar-refractivity contribution < 1.29 is 4.74 Å². The molecule has 0 radical (unpaired) electrons. The molecule has 1 aliphatic heterocycles. The van der Waals surface area contributed by atoms with Gasteiger partial charge in [-0.05, 0) is 18.1 Å². The summed E-state index contributed by atoms with van der Waals surface area (Å²) >= 11 is 0. The van der Waals surface area contributed by atoms with E-state index in [0.717, 1.165) is 38.7 Å². The van der Waals surface area contributed by atoms with Crippen LogP contribution >= 0.6 is 0 Å². The van der Waals surface area contributed by atoms with Gasteiger partial charge in [0.05, 0.1) is 13.2 Å². The summed E-state index contributed by atoms with van der Waals surface area (Å²) in [7, 11) is 0. The van der Waals surface area contributed by atoms with Crippen molar-refractivity contribution in [3.8, 4) is 6.07 Å². The van der Waals surface area contributed by atoms with E-state index in [-0.39, 0.29) is 0 Å². The first kappa shape index (κ1) is 16.7. The third-order valence-electron chi connectivity index (χ3n) is 4.38. The van der Waals surface area contributed by atoms with E-state index < -0.39 is 0 Å². The maximum Gasteiger partial charge on any atom is 0.163 e. The number of hydrogen-bond acceptors (Lipinski definition) is 6. The van der Waals surface area contributed by atoms with Crippen LogP contribution in [0.25, 0.3) is 0 Å². The third-order valence-corrected chi connectivity index (χ3v) is 4.38. The molecular formula is C16H25N5O. The van der Waals surface area contributed by atoms with E-state index in [1.165, 1.54) is 12.8 Å². The van der Waals surface area contributed by atoms with Crippen LogP contribution < -0.4 is 5.32 Å². The summed E-state index contributed by atoms with van der Waals surface area (Å²) in [5, 5.41) is 20.1. The van der Waals surface area contributed by atoms with Gasteiger partial charge in [0.15, 0.2) is 5.69 Å². The molecule has 6 nitrogen and oxygen atoms in total. The fourth-order valence-corrected chi connectivity index (χ4v) is 3.03. The fourth-order valence-electron chi connectivity index (χ4n) is 3.03. The largest absolute Gasteiger partial charge is 0.379 e. The van der Waals surface area contributed by atoms with Crippen molar-refractivity contribution in [2.24, 2.45) is 5.92 Å². The lowest BCUT2D eigenvalue weighted by atomic mass is 9.92. The summed E-state index contributed by atoms with van der Waals surface area (Å²) in [4.78, 5) is 2.52. The number of nitriles is 1. The molecule has 1 atom stereocenters. The molecule has 0 bridgehead atoms. The van der Waals surface area contributed by atoms with Gasteiger partial charge in [-0.25, -0.2) is 0 Å². The predicted molar refractivity (Wildman–Crippen MR) is 85.5 cm³/mol. The van der Waals surface area contributed by atoms with Gasteiger partial charge in [-0.2, -0.15) is 5.26 Å². The number of ether oxygens (including phenoxy) is 1. The van der Waals surface area contributed by atoms with Crippen molar-refractivity contribution in [2.45, 2.75) is 32.7 Å². The number of nitrogens with zero attached hydrogens (tertiary/aromatic N) is 4. The molecule has 1 aliphatic rings. The van der Waals surface area contributed by atoms with Crippen LogP contribution in [0.15, 0.2) is 12.1 Å². The highest BCUT2D eigenvalue weighted by Crippen LogP contribution is 2.20. The maximum absolute atomic E-state index is 8.76. The quantitative estimate of drug-likeness (QED) is 0.829. The number of morpholine rings is 1. The van der Waals surface area contributed by atoms with Gasteiger partial charge in [-0.1, -0.05) is 26.7 Å². The zero-order valence-electron chi connectivity index (χ0n) is 13.5. The second-order valence-electron chi connectivity index (χ2n) is 5.59. The van der Waals surface area contributed by atoms with Crippen LogP contribution in [0.4, 0.5) is 5.82 Å². The molecule has 22 heavy (non-hydrogen) atoms. The monoisotopic (exact) mass is 303 g/mol. The van der Waals surface area contributed by atoms with E-state index in [1.54, 1.807) is 6.07 Å². The summed E-state index contributed by atoms with van der Waals surface area (Å²) < 4.78 is 5.47. The van der Waals surface area contributed by atoms with Crippen molar-refractivity contribution in [1.82, 2.24) is 15.1 Å². The smallest absolute Gasteiger partial charge is 0.163 e. The average molecular weight is 303 g/mol. The Hall–Kier alpha value is -1.71. The summed E-state index contributed by atoms with van der Waals surface area (Å²) in [6, 6.07) is 5.96. The van der Waals surface area contributed by atoms with E-state index >= 15 is 0 Å². The molecule has 1 N–H and O–H groups in total. The summed E-state index contributed by atoms with van der Waals surface area (Å²) in [6.07, 6.45) is 2.33. The minimum Gasteiger partial charge on any atom is -0.379 e. The SMILES string of the molecule is CCC(CC)C(CNc1ccc(C#N)nn1)N1CCOCC1. The highest BCUT2D eigenvalue weighted by Gasteiger charge is 2.26. The van der Waals surface area contributed by atoms with Gasteiger partial charge >= 0.3 is 0 Å². The lowest BCUT2D eigenvalue weighted by molar-refractivity contribution is 0.00487. The summed E-state index contributed by atoms with van der Waals surface area (Å²) in [6.45, 7) is 8.95. The fraction of sp³-hybridized carbons (Fsp3) is 0.688. The van der Waals surface area contributed by atoms with E-state index in [9.17, 15) is 0 Å². The van der Waals surface area contributed by atoms with Gasteiger partial charge in [0.1, 0.15) is 11.9 Å². The van der Waals surface area contributed by atoms with Crippen LogP contribution in [0, 0.1) is 17.2 Å². The Labute approximate surface area is 132 Å². The van der Waals surface area contributed by atoms with Crippen LogP contribution in [-0.4, -0.2) is 54.0 Å². The normalized spacial score (nSPS) is 17.2. The van der Waals surface area contributed by atoms with Gasteiger partial charge in [-0.15, -0.1) is 10.2 Å². The number of anilines is 1. The number of aromatic nitrogens is 2. The van der Waals surface area contributed by atoms with Crippen molar-refractivity contribution in [1.29, 1.82) is 5.26 Å². The van der Waals surface area contributed by atoms with Crippen LogP contribution in [0.1, 0.15) is 32.4 Å². The van der Waals surface area contributed by atoms with Gasteiger partial charge in [0, 0.05) is 25.7 Å². The molecule has 1 aromatic rings. The van der Waals surface area contributed by atoms with Gasteiger partial charge in [-0.3, -0.25) is 4.90 Å². The van der Waals surface area contributed by atoms with E-state index in [2.05, 4.69) is 34.3 Å². The molecule has 2 rings (SSSR count). The van der Waals surface area contributed by atoms with Gasteiger partial charge < -0.3 is 10.1 Å². The Bertz CT molecular complexity index is 474. The highest BCUT2D eigenvalue weighted by atomic mass is 16.5. The molecule has 1 fully saturated rings. The van der Waals surface area contributed by atoms with Crippen molar-refractivity contribution in [2.75, 3.05) is 38.2 Å². The van der Waals surface area contributed by atoms with Gasteiger partial charge in [0.2, 0.25) is 0 Å². The Kier molecular flexibility index (Phi) is 6.56. The van der Waals surface area contributed by atoms with Crippen molar-refractivity contribution in [3.05, 3.63) is 17.8 Å². The first-order valence-corrected chi connectivity index (χ1v) is 8.08. The molecule has 0 spiro atoms. The second kappa shape index (κ2) is 8.66. The zero-order valence-corrected chi connectivity index (χ0v) is 13.5. The van der Waals surface area contributed by atoms with E-state index in [4.69, 9.17) is 10.00 Å². The summed E-state index contributed by atoms with van der Waals surface area (Å²) in [5.41, 5.74) is 0.343. The Balaban J connectivity index is 1.99. The van der Waals surface area contributed by atoms with E-state index in [0.29, 0.717) is 17.7 Å². The topological polar surface area (TPSA) is 74.1 Å². The number of hydrogen-bond donors (Lipinski definition) is 1. The minimum absolute atomic E-state index is 0.343. The predicted octanol–water partition coefficient (Wildman–Crippen LogP) is 1.90. The molecule has 1 aromatic heterocycles. The number of rotatable bonds is 7. The molecular weight excluding hydrogens is 278 g/mol. The van der Waals surface area contributed by atoms with Crippen LogP contribution in [0.2, 0.25) is 0 Å². The lowest BCUT2D eigenvalue weighted by Crippen LogP contribution is -2.50. The van der Waals surface area contributed by atoms with Gasteiger partial charge in [0.25, 0.3) is 0 Å². The molecule has 120 valence electrons. The molecule has 0 aliphatic carbocycles. The molecule has 1 saturated heterocycles. The molecule has 2 heterocycles. The Morgan fingerprint density at radius 1 is 1.27 bits per heavy atom. The molecule has 0 amide bonds.